The lowest BCUT2D eigenvalue weighted by Gasteiger charge is -2.22. The molecule has 1 aromatic heterocycles. The molecular formula is C15H26N2S. The molecule has 0 amide bonds. The summed E-state index contributed by atoms with van der Waals surface area (Å²) in [5, 5.41) is 7.08. The van der Waals surface area contributed by atoms with Gasteiger partial charge in [0.25, 0.3) is 0 Å². The zero-order valence-corrected chi connectivity index (χ0v) is 12.7. The van der Waals surface area contributed by atoms with Crippen molar-refractivity contribution in [1.82, 2.24) is 10.3 Å². The molecule has 1 aliphatic carbocycles. The first-order valence-electron chi connectivity index (χ1n) is 7.20. The monoisotopic (exact) mass is 266 g/mol. The van der Waals surface area contributed by atoms with E-state index in [0.717, 1.165) is 6.54 Å². The standard InChI is InChI=1S/C15H26N2S/c1-12(14-16-9-10-18-14)11-17-13-5-4-7-15(2,3)8-6-13/h9-10,12-13,17H,4-8,11H2,1-3H3. The SMILES string of the molecule is CC(CNC1CCCC(C)(C)CC1)c1nccs1. The number of aromatic nitrogens is 1. The van der Waals surface area contributed by atoms with E-state index >= 15 is 0 Å². The number of hydrogen-bond acceptors (Lipinski definition) is 3. The first-order chi connectivity index (χ1) is 8.57. The summed E-state index contributed by atoms with van der Waals surface area (Å²) in [6.45, 7) is 8.16. The Morgan fingerprint density at radius 1 is 1.44 bits per heavy atom. The van der Waals surface area contributed by atoms with E-state index in [-0.39, 0.29) is 0 Å². The molecule has 3 heteroatoms. The van der Waals surface area contributed by atoms with Crippen LogP contribution in [0.4, 0.5) is 0 Å². The summed E-state index contributed by atoms with van der Waals surface area (Å²) in [5.74, 6) is 0.543. The average Bonchev–Trinajstić information content (AvgIpc) is 2.79. The maximum absolute atomic E-state index is 4.40. The molecule has 0 aromatic carbocycles. The van der Waals surface area contributed by atoms with Gasteiger partial charge in [0.05, 0.1) is 5.01 Å². The molecule has 0 saturated heterocycles. The van der Waals surface area contributed by atoms with Gasteiger partial charge >= 0.3 is 0 Å². The van der Waals surface area contributed by atoms with Gasteiger partial charge in [-0.15, -0.1) is 11.3 Å². The van der Waals surface area contributed by atoms with Crippen LogP contribution in [0.25, 0.3) is 0 Å². The molecule has 2 nitrogen and oxygen atoms in total. The Balaban J connectivity index is 1.77. The van der Waals surface area contributed by atoms with Gasteiger partial charge in [-0.25, -0.2) is 4.98 Å². The van der Waals surface area contributed by atoms with Gasteiger partial charge in [0.2, 0.25) is 0 Å². The fraction of sp³-hybridized carbons (Fsp3) is 0.800. The Hall–Kier alpha value is -0.410. The zero-order valence-electron chi connectivity index (χ0n) is 11.9. The largest absolute Gasteiger partial charge is 0.313 e. The first-order valence-corrected chi connectivity index (χ1v) is 8.07. The van der Waals surface area contributed by atoms with Crippen molar-refractivity contribution in [2.75, 3.05) is 6.54 Å². The Labute approximate surface area is 115 Å². The van der Waals surface area contributed by atoms with Crippen molar-refractivity contribution < 1.29 is 0 Å². The lowest BCUT2D eigenvalue weighted by Crippen LogP contribution is -2.31. The molecule has 0 bridgehead atoms. The minimum Gasteiger partial charge on any atom is -0.313 e. The highest BCUT2D eigenvalue weighted by molar-refractivity contribution is 7.09. The van der Waals surface area contributed by atoms with Crippen LogP contribution in [0.15, 0.2) is 11.6 Å². The van der Waals surface area contributed by atoms with Gasteiger partial charge in [0.15, 0.2) is 0 Å². The Morgan fingerprint density at radius 3 is 3.00 bits per heavy atom. The molecule has 2 rings (SSSR count). The van der Waals surface area contributed by atoms with Crippen LogP contribution in [0.1, 0.15) is 63.8 Å². The number of nitrogens with zero attached hydrogens (tertiary/aromatic N) is 1. The number of hydrogen-bond donors (Lipinski definition) is 1. The van der Waals surface area contributed by atoms with Gasteiger partial charge in [-0.1, -0.05) is 27.2 Å². The van der Waals surface area contributed by atoms with Crippen molar-refractivity contribution in [2.24, 2.45) is 5.41 Å². The summed E-state index contributed by atoms with van der Waals surface area (Å²) in [7, 11) is 0. The van der Waals surface area contributed by atoms with Crippen LogP contribution in [0.2, 0.25) is 0 Å². The summed E-state index contributed by atoms with van der Waals surface area (Å²) in [6.07, 6.45) is 8.69. The van der Waals surface area contributed by atoms with Crippen molar-refractivity contribution in [3.8, 4) is 0 Å². The fourth-order valence-electron chi connectivity index (χ4n) is 2.77. The predicted octanol–water partition coefficient (Wildman–Crippen LogP) is 4.20. The minimum atomic E-state index is 0.543. The van der Waals surface area contributed by atoms with E-state index < -0.39 is 0 Å². The fourth-order valence-corrected chi connectivity index (χ4v) is 3.47. The minimum absolute atomic E-state index is 0.543. The third-order valence-electron chi connectivity index (χ3n) is 4.16. The van der Waals surface area contributed by atoms with E-state index in [1.165, 1.54) is 37.1 Å². The van der Waals surface area contributed by atoms with Crippen molar-refractivity contribution >= 4 is 11.3 Å². The second-order valence-corrected chi connectivity index (χ2v) is 7.40. The van der Waals surface area contributed by atoms with E-state index in [1.54, 1.807) is 11.3 Å². The van der Waals surface area contributed by atoms with Crippen molar-refractivity contribution in [1.29, 1.82) is 0 Å². The molecule has 0 aliphatic heterocycles. The second kappa shape index (κ2) is 6.16. The summed E-state index contributed by atoms with van der Waals surface area (Å²) in [4.78, 5) is 4.40. The average molecular weight is 266 g/mol. The summed E-state index contributed by atoms with van der Waals surface area (Å²) < 4.78 is 0. The molecular weight excluding hydrogens is 240 g/mol. The van der Waals surface area contributed by atoms with E-state index in [2.05, 4.69) is 36.5 Å². The summed E-state index contributed by atoms with van der Waals surface area (Å²) >= 11 is 1.77. The maximum atomic E-state index is 4.40. The molecule has 102 valence electrons. The van der Waals surface area contributed by atoms with Gasteiger partial charge in [-0.2, -0.15) is 0 Å². The van der Waals surface area contributed by atoms with E-state index in [4.69, 9.17) is 0 Å². The van der Waals surface area contributed by atoms with Crippen LogP contribution in [-0.4, -0.2) is 17.6 Å². The molecule has 1 N–H and O–H groups in total. The Morgan fingerprint density at radius 2 is 2.28 bits per heavy atom. The van der Waals surface area contributed by atoms with Crippen LogP contribution in [-0.2, 0) is 0 Å². The Kier molecular flexibility index (Phi) is 4.79. The smallest absolute Gasteiger partial charge is 0.0965 e. The molecule has 0 spiro atoms. The van der Waals surface area contributed by atoms with Gasteiger partial charge < -0.3 is 5.32 Å². The van der Waals surface area contributed by atoms with Gasteiger partial charge in [0.1, 0.15) is 0 Å². The van der Waals surface area contributed by atoms with Gasteiger partial charge in [0, 0.05) is 30.1 Å². The molecule has 1 aliphatic rings. The Bertz CT molecular complexity index is 345. The van der Waals surface area contributed by atoms with Crippen LogP contribution in [0.5, 0.6) is 0 Å². The first kappa shape index (κ1) is 14.0. The van der Waals surface area contributed by atoms with Gasteiger partial charge in [-0.3, -0.25) is 0 Å². The lowest BCUT2D eigenvalue weighted by atomic mass is 9.85. The molecule has 0 radical (unpaired) electrons. The van der Waals surface area contributed by atoms with Crippen molar-refractivity contribution in [3.05, 3.63) is 16.6 Å². The predicted molar refractivity (Wildman–Crippen MR) is 79.2 cm³/mol. The normalized spacial score (nSPS) is 25.6. The third-order valence-corrected chi connectivity index (χ3v) is 5.17. The van der Waals surface area contributed by atoms with Crippen LogP contribution < -0.4 is 5.32 Å². The number of nitrogens with one attached hydrogen (secondary N) is 1. The lowest BCUT2D eigenvalue weighted by molar-refractivity contribution is 0.309. The van der Waals surface area contributed by atoms with E-state index in [1.807, 2.05) is 6.20 Å². The molecule has 2 unspecified atom stereocenters. The molecule has 1 aromatic rings. The van der Waals surface area contributed by atoms with Crippen LogP contribution >= 0.6 is 11.3 Å². The van der Waals surface area contributed by atoms with E-state index in [0.29, 0.717) is 17.4 Å². The highest BCUT2D eigenvalue weighted by atomic mass is 32.1. The summed E-state index contributed by atoms with van der Waals surface area (Å²) in [5.41, 5.74) is 0.553. The highest BCUT2D eigenvalue weighted by Gasteiger charge is 2.24. The molecule has 1 fully saturated rings. The highest BCUT2D eigenvalue weighted by Crippen LogP contribution is 2.33. The number of rotatable bonds is 4. The van der Waals surface area contributed by atoms with Crippen LogP contribution in [0, 0.1) is 5.41 Å². The number of thiazole rings is 1. The molecule has 2 atom stereocenters. The topological polar surface area (TPSA) is 24.9 Å². The zero-order chi connectivity index (χ0) is 13.0. The summed E-state index contributed by atoms with van der Waals surface area (Å²) in [6, 6.07) is 0.717. The molecule has 18 heavy (non-hydrogen) atoms. The van der Waals surface area contributed by atoms with Crippen molar-refractivity contribution in [3.63, 3.8) is 0 Å². The molecule has 1 heterocycles. The van der Waals surface area contributed by atoms with E-state index in [9.17, 15) is 0 Å². The molecule has 1 saturated carbocycles. The van der Waals surface area contributed by atoms with Gasteiger partial charge in [-0.05, 0) is 31.1 Å². The third kappa shape index (κ3) is 4.06. The quantitative estimate of drug-likeness (QED) is 0.826. The maximum Gasteiger partial charge on any atom is 0.0965 e. The second-order valence-electron chi connectivity index (χ2n) is 6.47. The van der Waals surface area contributed by atoms with Crippen molar-refractivity contribution in [2.45, 2.75) is 64.8 Å². The van der Waals surface area contributed by atoms with Crippen LogP contribution in [0.3, 0.4) is 0 Å².